The molecular formula is C20H16F3N3O. The number of alkyl halides is 3. The van der Waals surface area contributed by atoms with Gasteiger partial charge in [0.15, 0.2) is 0 Å². The number of nitrogens with zero attached hydrogens (tertiary/aromatic N) is 1. The first kappa shape index (κ1) is 18.4. The van der Waals surface area contributed by atoms with E-state index in [1.54, 1.807) is 24.3 Å². The lowest BCUT2D eigenvalue weighted by molar-refractivity contribution is -0.137. The maximum atomic E-state index is 12.9. The van der Waals surface area contributed by atoms with Gasteiger partial charge in [-0.25, -0.2) is 4.98 Å². The molecule has 0 radical (unpaired) electrons. The summed E-state index contributed by atoms with van der Waals surface area (Å²) >= 11 is 0. The maximum absolute atomic E-state index is 12.9. The Kier molecular flexibility index (Phi) is 5.12. The third kappa shape index (κ3) is 4.44. The molecule has 2 N–H and O–H groups in total. The Morgan fingerprint density at radius 3 is 2.52 bits per heavy atom. The first-order chi connectivity index (χ1) is 12.8. The van der Waals surface area contributed by atoms with Gasteiger partial charge in [-0.15, -0.1) is 0 Å². The third-order valence-electron chi connectivity index (χ3n) is 3.90. The fourth-order valence-electron chi connectivity index (χ4n) is 2.50. The minimum absolute atomic E-state index is 0.169. The summed E-state index contributed by atoms with van der Waals surface area (Å²) < 4.78 is 38.7. The zero-order valence-electron chi connectivity index (χ0n) is 14.3. The van der Waals surface area contributed by atoms with Crippen LogP contribution in [0.1, 0.15) is 21.5 Å². The molecule has 1 aromatic heterocycles. The molecule has 0 aliphatic carbocycles. The highest BCUT2D eigenvalue weighted by molar-refractivity contribution is 6.08. The van der Waals surface area contributed by atoms with Crippen molar-refractivity contribution in [3.63, 3.8) is 0 Å². The van der Waals surface area contributed by atoms with Crippen molar-refractivity contribution in [1.82, 2.24) is 4.98 Å². The SMILES string of the molecule is Cc1ccccc1NC(=O)c1cccnc1Nc1cccc(C(F)(F)F)c1. The number of hydrogen-bond acceptors (Lipinski definition) is 3. The third-order valence-corrected chi connectivity index (χ3v) is 3.90. The van der Waals surface area contributed by atoms with E-state index < -0.39 is 17.6 Å². The number of carbonyl (C=O) groups is 1. The predicted molar refractivity (Wildman–Crippen MR) is 98.1 cm³/mol. The molecule has 0 unspecified atom stereocenters. The van der Waals surface area contributed by atoms with Crippen molar-refractivity contribution in [1.29, 1.82) is 0 Å². The highest BCUT2D eigenvalue weighted by Gasteiger charge is 2.30. The van der Waals surface area contributed by atoms with Crippen LogP contribution < -0.4 is 10.6 Å². The quantitative estimate of drug-likeness (QED) is 0.645. The normalized spacial score (nSPS) is 11.1. The molecule has 0 spiro atoms. The molecule has 0 saturated carbocycles. The highest BCUT2D eigenvalue weighted by atomic mass is 19.4. The van der Waals surface area contributed by atoms with Gasteiger partial charge in [0.2, 0.25) is 0 Å². The molecule has 4 nitrogen and oxygen atoms in total. The van der Waals surface area contributed by atoms with Crippen LogP contribution in [-0.4, -0.2) is 10.9 Å². The smallest absolute Gasteiger partial charge is 0.340 e. The van der Waals surface area contributed by atoms with E-state index in [0.717, 1.165) is 17.7 Å². The largest absolute Gasteiger partial charge is 0.416 e. The van der Waals surface area contributed by atoms with Gasteiger partial charge in [0.25, 0.3) is 5.91 Å². The molecule has 0 aliphatic rings. The van der Waals surface area contributed by atoms with Crippen LogP contribution in [0.15, 0.2) is 66.9 Å². The lowest BCUT2D eigenvalue weighted by Crippen LogP contribution is -2.15. The monoisotopic (exact) mass is 371 g/mol. The van der Waals surface area contributed by atoms with Gasteiger partial charge >= 0.3 is 6.18 Å². The summed E-state index contributed by atoms with van der Waals surface area (Å²) in [5.41, 5.74) is 1.17. The van der Waals surface area contributed by atoms with Gasteiger partial charge in [-0.3, -0.25) is 4.79 Å². The van der Waals surface area contributed by atoms with Crippen molar-refractivity contribution in [2.75, 3.05) is 10.6 Å². The first-order valence-electron chi connectivity index (χ1n) is 8.11. The van der Waals surface area contributed by atoms with Crippen LogP contribution in [0.25, 0.3) is 0 Å². The molecule has 2 aromatic carbocycles. The number of nitrogens with one attached hydrogen (secondary N) is 2. The van der Waals surface area contributed by atoms with Gasteiger partial charge in [0.1, 0.15) is 5.82 Å². The van der Waals surface area contributed by atoms with Crippen molar-refractivity contribution in [3.05, 3.63) is 83.6 Å². The van der Waals surface area contributed by atoms with Crippen molar-refractivity contribution in [2.24, 2.45) is 0 Å². The Balaban J connectivity index is 1.86. The number of rotatable bonds is 4. The van der Waals surface area contributed by atoms with Gasteiger partial charge in [-0.2, -0.15) is 13.2 Å². The fraction of sp³-hybridized carbons (Fsp3) is 0.100. The number of anilines is 3. The van der Waals surface area contributed by atoms with Crippen LogP contribution in [-0.2, 0) is 6.18 Å². The number of carbonyl (C=O) groups excluding carboxylic acids is 1. The van der Waals surface area contributed by atoms with Crippen LogP contribution in [0.3, 0.4) is 0 Å². The Morgan fingerprint density at radius 1 is 1.00 bits per heavy atom. The first-order valence-corrected chi connectivity index (χ1v) is 8.11. The number of pyridine rings is 1. The predicted octanol–water partition coefficient (Wildman–Crippen LogP) is 5.40. The molecule has 27 heavy (non-hydrogen) atoms. The molecule has 7 heteroatoms. The second kappa shape index (κ2) is 7.49. The summed E-state index contributed by atoms with van der Waals surface area (Å²) in [6.07, 6.45) is -2.99. The number of benzene rings is 2. The van der Waals surface area contributed by atoms with Crippen LogP contribution in [0.2, 0.25) is 0 Å². The molecule has 3 aromatic rings. The minimum atomic E-state index is -4.45. The average molecular weight is 371 g/mol. The van der Waals surface area contributed by atoms with Gasteiger partial charge in [0, 0.05) is 17.6 Å². The molecule has 0 atom stereocenters. The zero-order chi connectivity index (χ0) is 19.4. The Bertz CT molecular complexity index is 970. The molecular weight excluding hydrogens is 355 g/mol. The van der Waals surface area contributed by atoms with Crippen LogP contribution in [0, 0.1) is 6.92 Å². The topological polar surface area (TPSA) is 54.0 Å². The molecule has 138 valence electrons. The number of halogens is 3. The van der Waals surface area contributed by atoms with E-state index in [9.17, 15) is 18.0 Å². The Labute approximate surface area is 154 Å². The van der Waals surface area contributed by atoms with Crippen molar-refractivity contribution in [3.8, 4) is 0 Å². The lowest BCUT2D eigenvalue weighted by atomic mass is 10.1. The number of aromatic nitrogens is 1. The molecule has 1 amide bonds. The molecule has 0 aliphatic heterocycles. The Morgan fingerprint density at radius 2 is 1.78 bits per heavy atom. The summed E-state index contributed by atoms with van der Waals surface area (Å²) in [5, 5.41) is 5.58. The van der Waals surface area contributed by atoms with Crippen LogP contribution >= 0.6 is 0 Å². The van der Waals surface area contributed by atoms with E-state index >= 15 is 0 Å². The second-order valence-corrected chi connectivity index (χ2v) is 5.87. The fourth-order valence-corrected chi connectivity index (χ4v) is 2.50. The van der Waals surface area contributed by atoms with Crippen molar-refractivity contribution >= 4 is 23.1 Å². The second-order valence-electron chi connectivity index (χ2n) is 5.87. The summed E-state index contributed by atoms with van der Waals surface area (Å²) in [6.45, 7) is 1.86. The van der Waals surface area contributed by atoms with E-state index in [1.165, 1.54) is 18.3 Å². The van der Waals surface area contributed by atoms with Gasteiger partial charge in [-0.1, -0.05) is 24.3 Å². The summed E-state index contributed by atoms with van der Waals surface area (Å²) in [4.78, 5) is 16.7. The van der Waals surface area contributed by atoms with E-state index in [1.807, 2.05) is 19.1 Å². The summed E-state index contributed by atoms with van der Waals surface area (Å²) in [5.74, 6) is -0.241. The van der Waals surface area contributed by atoms with Gasteiger partial charge in [0.05, 0.1) is 11.1 Å². The van der Waals surface area contributed by atoms with E-state index in [-0.39, 0.29) is 17.1 Å². The standard InChI is InChI=1S/C20H16F3N3O/c1-13-6-2-3-10-17(13)26-19(27)16-9-5-11-24-18(16)25-15-8-4-7-14(12-15)20(21,22)23/h2-12H,1H3,(H,24,25)(H,26,27). The average Bonchev–Trinajstić information content (AvgIpc) is 2.63. The number of aryl methyl sites for hydroxylation is 1. The number of para-hydroxylation sites is 1. The van der Waals surface area contributed by atoms with Crippen molar-refractivity contribution < 1.29 is 18.0 Å². The van der Waals surface area contributed by atoms with Crippen molar-refractivity contribution in [2.45, 2.75) is 13.1 Å². The minimum Gasteiger partial charge on any atom is -0.340 e. The maximum Gasteiger partial charge on any atom is 0.416 e. The number of amides is 1. The van der Waals surface area contributed by atoms with Crippen LogP contribution in [0.5, 0.6) is 0 Å². The molecule has 0 bridgehead atoms. The van der Waals surface area contributed by atoms with Gasteiger partial charge < -0.3 is 10.6 Å². The van der Waals surface area contributed by atoms with E-state index in [2.05, 4.69) is 15.6 Å². The van der Waals surface area contributed by atoms with Crippen LogP contribution in [0.4, 0.5) is 30.4 Å². The molecule has 0 fully saturated rings. The molecule has 0 saturated heterocycles. The van der Waals surface area contributed by atoms with E-state index in [0.29, 0.717) is 5.69 Å². The van der Waals surface area contributed by atoms with Gasteiger partial charge in [-0.05, 0) is 48.9 Å². The Hall–Kier alpha value is -3.35. The highest BCUT2D eigenvalue weighted by Crippen LogP contribution is 2.31. The zero-order valence-corrected chi connectivity index (χ0v) is 14.3. The summed E-state index contributed by atoms with van der Waals surface area (Å²) in [7, 11) is 0. The molecule has 3 rings (SSSR count). The summed E-state index contributed by atoms with van der Waals surface area (Å²) in [6, 6.07) is 15.1. The number of hydrogen-bond donors (Lipinski definition) is 2. The molecule has 1 heterocycles. The van der Waals surface area contributed by atoms with E-state index in [4.69, 9.17) is 0 Å². The lowest BCUT2D eigenvalue weighted by Gasteiger charge is -2.13.